The van der Waals surface area contributed by atoms with Crippen molar-refractivity contribution < 1.29 is 23.8 Å². The number of carboxylic acid groups (broad SMARTS) is 1. The lowest BCUT2D eigenvalue weighted by Crippen LogP contribution is -2.49. The number of fused-ring (bicyclic) bond motifs is 1. The van der Waals surface area contributed by atoms with E-state index in [-0.39, 0.29) is 18.4 Å². The zero-order valence-electron chi connectivity index (χ0n) is 17.3. The Morgan fingerprint density at radius 1 is 1.13 bits per heavy atom. The van der Waals surface area contributed by atoms with Crippen molar-refractivity contribution in [2.75, 3.05) is 7.11 Å². The molecule has 0 aliphatic rings. The molecule has 0 saturated heterocycles. The van der Waals surface area contributed by atoms with E-state index >= 15 is 0 Å². The molecule has 3 aromatic rings. The number of carboxylic acids is 1. The fourth-order valence-electron chi connectivity index (χ4n) is 3.45. The standard InChI is InChI=1S/C23H22ClNO6/c1-12-16-8-9-19(30-3)13(2)21(16)31-23(29)17(12)11-20(26)25-18(22(27)28)10-14-4-6-15(24)7-5-14/h4-9,18H,10-11H2,1-3H3,(H,25,26)(H,27,28)/p-1/t18-/m1/s1. The van der Waals surface area contributed by atoms with Gasteiger partial charge in [-0.05, 0) is 55.7 Å². The van der Waals surface area contributed by atoms with Crippen LogP contribution < -0.4 is 20.8 Å². The number of hydrogen-bond acceptors (Lipinski definition) is 6. The van der Waals surface area contributed by atoms with Crippen LogP contribution in [0.5, 0.6) is 5.75 Å². The van der Waals surface area contributed by atoms with Gasteiger partial charge in [0, 0.05) is 16.0 Å². The summed E-state index contributed by atoms with van der Waals surface area (Å²) >= 11 is 5.84. The summed E-state index contributed by atoms with van der Waals surface area (Å²) in [5.74, 6) is -1.46. The molecule has 0 radical (unpaired) electrons. The molecule has 0 aliphatic carbocycles. The van der Waals surface area contributed by atoms with Gasteiger partial charge in [0.2, 0.25) is 5.91 Å². The van der Waals surface area contributed by atoms with Crippen LogP contribution in [0.15, 0.2) is 45.6 Å². The minimum atomic E-state index is -1.42. The highest BCUT2D eigenvalue weighted by Gasteiger charge is 2.20. The number of nitrogens with one attached hydrogen (secondary N) is 1. The molecule has 0 unspecified atom stereocenters. The smallest absolute Gasteiger partial charge is 0.340 e. The molecular formula is C23H21ClNO6-. The number of benzene rings is 2. The van der Waals surface area contributed by atoms with E-state index in [4.69, 9.17) is 20.8 Å². The van der Waals surface area contributed by atoms with Gasteiger partial charge in [0.1, 0.15) is 11.3 Å². The molecule has 8 heteroatoms. The van der Waals surface area contributed by atoms with E-state index in [0.29, 0.717) is 38.4 Å². The summed E-state index contributed by atoms with van der Waals surface area (Å²) in [5, 5.41) is 15.1. The normalized spacial score (nSPS) is 11.9. The van der Waals surface area contributed by atoms with Crippen LogP contribution in [0.2, 0.25) is 5.02 Å². The number of amides is 1. The zero-order valence-corrected chi connectivity index (χ0v) is 18.0. The van der Waals surface area contributed by atoms with Crippen LogP contribution in [0.4, 0.5) is 0 Å². The summed E-state index contributed by atoms with van der Waals surface area (Å²) in [6.07, 6.45) is -0.297. The molecule has 162 valence electrons. The maximum absolute atomic E-state index is 12.6. The van der Waals surface area contributed by atoms with Crippen molar-refractivity contribution in [3.8, 4) is 5.75 Å². The highest BCUT2D eigenvalue weighted by atomic mass is 35.5. The Kier molecular flexibility index (Phi) is 6.65. The van der Waals surface area contributed by atoms with E-state index in [1.54, 1.807) is 50.2 Å². The average molecular weight is 443 g/mol. The molecule has 7 nitrogen and oxygen atoms in total. The monoisotopic (exact) mass is 442 g/mol. The predicted molar refractivity (Wildman–Crippen MR) is 114 cm³/mol. The quantitative estimate of drug-likeness (QED) is 0.561. The van der Waals surface area contributed by atoms with E-state index in [2.05, 4.69) is 5.32 Å². The van der Waals surface area contributed by atoms with Crippen molar-refractivity contribution in [2.45, 2.75) is 32.7 Å². The van der Waals surface area contributed by atoms with Gasteiger partial charge in [-0.1, -0.05) is 23.7 Å². The van der Waals surface area contributed by atoms with Gasteiger partial charge in [0.15, 0.2) is 0 Å². The molecule has 0 bridgehead atoms. The Morgan fingerprint density at radius 2 is 1.81 bits per heavy atom. The Labute approximate surface area is 183 Å². The van der Waals surface area contributed by atoms with Crippen molar-refractivity contribution in [1.82, 2.24) is 5.32 Å². The number of carbonyl (C=O) groups excluding carboxylic acids is 2. The van der Waals surface area contributed by atoms with Crippen LogP contribution in [-0.2, 0) is 22.4 Å². The molecule has 3 rings (SSSR count). The second-order valence-electron chi connectivity index (χ2n) is 7.21. The lowest BCUT2D eigenvalue weighted by atomic mass is 10.0. The van der Waals surface area contributed by atoms with Gasteiger partial charge in [-0.15, -0.1) is 0 Å². The van der Waals surface area contributed by atoms with Crippen LogP contribution in [0.1, 0.15) is 22.3 Å². The first-order chi connectivity index (χ1) is 14.7. The first kappa shape index (κ1) is 22.4. The van der Waals surface area contributed by atoms with Gasteiger partial charge in [-0.2, -0.15) is 0 Å². The molecular weight excluding hydrogens is 422 g/mol. The second kappa shape index (κ2) is 9.22. The number of aryl methyl sites for hydroxylation is 2. The third kappa shape index (κ3) is 4.88. The average Bonchev–Trinajstić information content (AvgIpc) is 2.73. The van der Waals surface area contributed by atoms with Gasteiger partial charge >= 0.3 is 5.63 Å². The summed E-state index contributed by atoms with van der Waals surface area (Å²) in [7, 11) is 1.52. The predicted octanol–water partition coefficient (Wildman–Crippen LogP) is 2.09. The molecule has 0 saturated carbocycles. The number of rotatable bonds is 7. The van der Waals surface area contributed by atoms with Crippen LogP contribution in [0.25, 0.3) is 11.0 Å². The summed E-state index contributed by atoms with van der Waals surface area (Å²) < 4.78 is 10.7. The van der Waals surface area contributed by atoms with Crippen LogP contribution in [-0.4, -0.2) is 25.0 Å². The van der Waals surface area contributed by atoms with Gasteiger partial charge in [0.05, 0.1) is 31.1 Å². The third-order valence-electron chi connectivity index (χ3n) is 5.18. The largest absolute Gasteiger partial charge is 0.548 e. The number of carbonyl (C=O) groups is 2. The number of halogens is 1. The first-order valence-corrected chi connectivity index (χ1v) is 9.93. The minimum Gasteiger partial charge on any atom is -0.548 e. The van der Waals surface area contributed by atoms with Gasteiger partial charge in [-0.25, -0.2) is 4.79 Å². The fraction of sp³-hybridized carbons (Fsp3) is 0.261. The Balaban J connectivity index is 1.83. The SMILES string of the molecule is COc1ccc2c(C)c(CC(=O)N[C@H](Cc3ccc(Cl)cc3)C(=O)[O-])c(=O)oc2c1C. The molecule has 1 heterocycles. The van der Waals surface area contributed by atoms with E-state index in [1.807, 2.05) is 0 Å². The van der Waals surface area contributed by atoms with E-state index in [9.17, 15) is 19.5 Å². The van der Waals surface area contributed by atoms with Crippen molar-refractivity contribution in [3.05, 3.63) is 74.1 Å². The molecule has 1 amide bonds. The summed E-state index contributed by atoms with van der Waals surface area (Å²) in [6, 6.07) is 8.86. The molecule has 1 N–H and O–H groups in total. The number of aliphatic carboxylic acids is 1. The third-order valence-corrected chi connectivity index (χ3v) is 5.44. The second-order valence-corrected chi connectivity index (χ2v) is 7.65. The molecule has 1 atom stereocenters. The Hall–Kier alpha value is -3.32. The lowest BCUT2D eigenvalue weighted by molar-refractivity contribution is -0.308. The summed E-state index contributed by atoms with van der Waals surface area (Å²) in [5.41, 5.74) is 1.84. The molecule has 1 aromatic heterocycles. The highest BCUT2D eigenvalue weighted by Crippen LogP contribution is 2.29. The summed E-state index contributed by atoms with van der Waals surface area (Å²) in [6.45, 7) is 3.49. The van der Waals surface area contributed by atoms with Crippen molar-refractivity contribution in [3.63, 3.8) is 0 Å². The topological polar surface area (TPSA) is 109 Å². The molecule has 2 aromatic carbocycles. The van der Waals surface area contributed by atoms with Gasteiger partial charge in [-0.3, -0.25) is 4.79 Å². The van der Waals surface area contributed by atoms with Crippen molar-refractivity contribution in [2.24, 2.45) is 0 Å². The van der Waals surface area contributed by atoms with Crippen molar-refractivity contribution in [1.29, 1.82) is 0 Å². The molecule has 0 fully saturated rings. The van der Waals surface area contributed by atoms with Crippen molar-refractivity contribution >= 4 is 34.4 Å². The number of hydrogen-bond donors (Lipinski definition) is 1. The first-order valence-electron chi connectivity index (χ1n) is 9.55. The fourth-order valence-corrected chi connectivity index (χ4v) is 3.58. The highest BCUT2D eigenvalue weighted by molar-refractivity contribution is 6.30. The number of ether oxygens (including phenoxy) is 1. The van der Waals surface area contributed by atoms with Crippen LogP contribution in [0.3, 0.4) is 0 Å². The maximum atomic E-state index is 12.6. The Bertz CT molecular complexity index is 1200. The molecule has 0 spiro atoms. The van der Waals surface area contributed by atoms with Crippen LogP contribution >= 0.6 is 11.6 Å². The van der Waals surface area contributed by atoms with E-state index < -0.39 is 23.5 Å². The van der Waals surface area contributed by atoms with Gasteiger partial charge < -0.3 is 24.4 Å². The van der Waals surface area contributed by atoms with E-state index in [1.165, 1.54) is 7.11 Å². The van der Waals surface area contributed by atoms with E-state index in [0.717, 1.165) is 0 Å². The molecule has 0 aliphatic heterocycles. The lowest BCUT2D eigenvalue weighted by Gasteiger charge is -2.20. The van der Waals surface area contributed by atoms with Gasteiger partial charge in [0.25, 0.3) is 0 Å². The Morgan fingerprint density at radius 3 is 2.42 bits per heavy atom. The molecule has 31 heavy (non-hydrogen) atoms. The minimum absolute atomic E-state index is 0.0234. The maximum Gasteiger partial charge on any atom is 0.340 e. The zero-order chi connectivity index (χ0) is 22.7. The summed E-state index contributed by atoms with van der Waals surface area (Å²) in [4.78, 5) is 36.6. The van der Waals surface area contributed by atoms with Crippen LogP contribution in [0, 0.1) is 13.8 Å². The number of methoxy groups -OCH3 is 1.